The Bertz CT molecular complexity index is 941. The Kier molecular flexibility index (Phi) is 3.94. The minimum Gasteiger partial charge on any atom is -0.349 e. The molecule has 0 bridgehead atoms. The van der Waals surface area contributed by atoms with Crippen LogP contribution in [0.1, 0.15) is 61.8 Å². The van der Waals surface area contributed by atoms with Crippen LogP contribution >= 0.6 is 0 Å². The average Bonchev–Trinajstić information content (AvgIpc) is 3.39. The molecule has 2 saturated carbocycles. The van der Waals surface area contributed by atoms with E-state index in [1.54, 1.807) is 6.07 Å². The van der Waals surface area contributed by atoms with Gasteiger partial charge in [-0.3, -0.25) is 19.1 Å². The van der Waals surface area contributed by atoms with Crippen molar-refractivity contribution in [3.05, 3.63) is 38.7 Å². The van der Waals surface area contributed by atoms with Crippen molar-refractivity contribution in [1.82, 2.24) is 19.9 Å². The molecule has 2 aromatic rings. The SMILES string of the molecule is C[C@@H]1CCC[C@@H](NC(=O)c2cnc3c(c2)c(=O)[nH]c(=O)n3C2CC2)C1. The summed E-state index contributed by atoms with van der Waals surface area (Å²) in [6.07, 6.45) is 7.57. The number of nitrogens with zero attached hydrogens (tertiary/aromatic N) is 2. The molecule has 2 heterocycles. The zero-order chi connectivity index (χ0) is 17.6. The quantitative estimate of drug-likeness (QED) is 0.888. The van der Waals surface area contributed by atoms with Gasteiger partial charge in [-0.25, -0.2) is 9.78 Å². The summed E-state index contributed by atoms with van der Waals surface area (Å²) in [6.45, 7) is 2.20. The van der Waals surface area contributed by atoms with E-state index < -0.39 is 11.2 Å². The van der Waals surface area contributed by atoms with Crippen molar-refractivity contribution in [2.24, 2.45) is 5.92 Å². The third-order valence-corrected chi connectivity index (χ3v) is 5.22. The lowest BCUT2D eigenvalue weighted by molar-refractivity contribution is 0.0921. The maximum atomic E-state index is 12.5. The first-order valence-electron chi connectivity index (χ1n) is 8.98. The summed E-state index contributed by atoms with van der Waals surface area (Å²) in [6, 6.07) is 1.81. The first kappa shape index (κ1) is 16.1. The predicted octanol–water partition coefficient (Wildman–Crippen LogP) is 1.73. The molecular weight excluding hydrogens is 320 g/mol. The van der Waals surface area contributed by atoms with Crippen LogP contribution in [0, 0.1) is 5.92 Å². The van der Waals surface area contributed by atoms with Crippen LogP contribution in [0.5, 0.6) is 0 Å². The summed E-state index contributed by atoms with van der Waals surface area (Å²) in [5, 5.41) is 3.34. The predicted molar refractivity (Wildman–Crippen MR) is 93.8 cm³/mol. The molecule has 2 atom stereocenters. The summed E-state index contributed by atoms with van der Waals surface area (Å²) in [7, 11) is 0. The number of pyridine rings is 1. The molecule has 2 aliphatic carbocycles. The van der Waals surface area contributed by atoms with Crippen molar-refractivity contribution in [3.8, 4) is 0 Å². The van der Waals surface area contributed by atoms with Crippen LogP contribution in [0.25, 0.3) is 11.0 Å². The first-order valence-corrected chi connectivity index (χ1v) is 8.98. The van der Waals surface area contributed by atoms with E-state index in [1.807, 2.05) is 0 Å². The molecule has 4 rings (SSSR count). The van der Waals surface area contributed by atoms with Crippen LogP contribution in [-0.2, 0) is 0 Å². The second-order valence-electron chi connectivity index (χ2n) is 7.40. The number of hydrogen-bond acceptors (Lipinski definition) is 4. The minimum atomic E-state index is -0.495. The molecule has 0 aliphatic heterocycles. The lowest BCUT2D eigenvalue weighted by Crippen LogP contribution is -2.38. The van der Waals surface area contributed by atoms with Gasteiger partial charge in [0.15, 0.2) is 0 Å². The fraction of sp³-hybridized carbons (Fsp3) is 0.556. The molecular formula is C18H22N4O3. The molecule has 0 aromatic carbocycles. The molecule has 7 heteroatoms. The smallest absolute Gasteiger partial charge is 0.330 e. The highest BCUT2D eigenvalue weighted by molar-refractivity contribution is 5.96. The number of aromatic nitrogens is 3. The summed E-state index contributed by atoms with van der Waals surface area (Å²) < 4.78 is 1.53. The zero-order valence-corrected chi connectivity index (χ0v) is 14.2. The average molecular weight is 342 g/mol. The highest BCUT2D eigenvalue weighted by Crippen LogP contribution is 2.34. The number of carbonyl (C=O) groups excluding carboxylic acids is 1. The summed E-state index contributed by atoms with van der Waals surface area (Å²) in [5.41, 5.74) is -0.206. The number of carbonyl (C=O) groups is 1. The van der Waals surface area contributed by atoms with Crippen LogP contribution < -0.4 is 16.6 Å². The molecule has 1 amide bonds. The summed E-state index contributed by atoms with van der Waals surface area (Å²) in [5.74, 6) is 0.404. The Morgan fingerprint density at radius 2 is 2.08 bits per heavy atom. The van der Waals surface area contributed by atoms with E-state index in [4.69, 9.17) is 0 Å². The Labute approximate surface area is 144 Å². The van der Waals surface area contributed by atoms with Crippen molar-refractivity contribution in [1.29, 1.82) is 0 Å². The summed E-state index contributed by atoms with van der Waals surface area (Å²) in [4.78, 5) is 43.4. The number of hydrogen-bond donors (Lipinski definition) is 2. The van der Waals surface area contributed by atoms with E-state index in [1.165, 1.54) is 17.2 Å². The topological polar surface area (TPSA) is 96.8 Å². The number of nitrogens with one attached hydrogen (secondary N) is 2. The number of H-pyrrole nitrogens is 1. The number of amides is 1. The Balaban J connectivity index is 1.66. The summed E-state index contributed by atoms with van der Waals surface area (Å²) >= 11 is 0. The van der Waals surface area contributed by atoms with Gasteiger partial charge in [0.1, 0.15) is 5.65 Å². The van der Waals surface area contributed by atoms with E-state index in [0.717, 1.165) is 32.1 Å². The van der Waals surface area contributed by atoms with Crippen molar-refractivity contribution in [2.75, 3.05) is 0 Å². The largest absolute Gasteiger partial charge is 0.349 e. The third-order valence-electron chi connectivity index (χ3n) is 5.22. The molecule has 2 fully saturated rings. The van der Waals surface area contributed by atoms with Gasteiger partial charge in [0.2, 0.25) is 0 Å². The van der Waals surface area contributed by atoms with Crippen LogP contribution in [-0.4, -0.2) is 26.5 Å². The molecule has 2 aliphatic rings. The van der Waals surface area contributed by atoms with E-state index in [-0.39, 0.29) is 23.4 Å². The molecule has 0 radical (unpaired) electrons. The number of rotatable bonds is 3. The maximum Gasteiger partial charge on any atom is 0.330 e. The molecule has 0 saturated heterocycles. The molecule has 0 unspecified atom stereocenters. The fourth-order valence-corrected chi connectivity index (χ4v) is 3.77. The monoisotopic (exact) mass is 342 g/mol. The first-order chi connectivity index (χ1) is 12.0. The van der Waals surface area contributed by atoms with Crippen LogP contribution in [0.4, 0.5) is 0 Å². The van der Waals surface area contributed by atoms with Crippen molar-refractivity contribution < 1.29 is 4.79 Å². The van der Waals surface area contributed by atoms with Gasteiger partial charge >= 0.3 is 5.69 Å². The molecule has 0 spiro atoms. The highest BCUT2D eigenvalue weighted by atomic mass is 16.2. The van der Waals surface area contributed by atoms with Gasteiger partial charge in [-0.2, -0.15) is 0 Å². The third kappa shape index (κ3) is 3.10. The Hall–Kier alpha value is -2.44. The van der Waals surface area contributed by atoms with Crippen molar-refractivity contribution in [3.63, 3.8) is 0 Å². The lowest BCUT2D eigenvalue weighted by Gasteiger charge is -2.27. The molecule has 25 heavy (non-hydrogen) atoms. The Morgan fingerprint density at radius 1 is 1.28 bits per heavy atom. The Morgan fingerprint density at radius 3 is 2.80 bits per heavy atom. The number of aromatic amines is 1. The fourth-order valence-electron chi connectivity index (χ4n) is 3.77. The number of fused-ring (bicyclic) bond motifs is 1. The van der Waals surface area contributed by atoms with Gasteiger partial charge < -0.3 is 5.32 Å². The van der Waals surface area contributed by atoms with Gasteiger partial charge in [-0.1, -0.05) is 19.8 Å². The van der Waals surface area contributed by atoms with Crippen LogP contribution in [0.3, 0.4) is 0 Å². The van der Waals surface area contributed by atoms with Crippen molar-refractivity contribution >= 4 is 16.9 Å². The second kappa shape index (κ2) is 6.13. The standard InChI is InChI=1S/C18H22N4O3/c1-10-3-2-4-12(7-10)20-16(23)11-8-14-15(19-9-11)22(13-5-6-13)18(25)21-17(14)24/h8-10,12-13H,2-7H2,1H3,(H,20,23)(H,21,24,25)/t10-,12-/m1/s1. The van der Waals surface area contributed by atoms with Crippen LogP contribution in [0.2, 0.25) is 0 Å². The normalized spacial score (nSPS) is 23.6. The molecule has 2 N–H and O–H groups in total. The van der Waals surface area contributed by atoms with Crippen LogP contribution in [0.15, 0.2) is 21.9 Å². The second-order valence-corrected chi connectivity index (χ2v) is 7.40. The van der Waals surface area contributed by atoms with E-state index in [2.05, 4.69) is 22.2 Å². The van der Waals surface area contributed by atoms with E-state index in [9.17, 15) is 14.4 Å². The zero-order valence-electron chi connectivity index (χ0n) is 14.2. The van der Waals surface area contributed by atoms with Gasteiger partial charge in [0.05, 0.1) is 10.9 Å². The van der Waals surface area contributed by atoms with E-state index in [0.29, 0.717) is 17.1 Å². The maximum absolute atomic E-state index is 12.5. The van der Waals surface area contributed by atoms with Crippen molar-refractivity contribution in [2.45, 2.75) is 57.5 Å². The molecule has 7 nitrogen and oxygen atoms in total. The van der Waals surface area contributed by atoms with E-state index >= 15 is 0 Å². The highest BCUT2D eigenvalue weighted by Gasteiger charge is 2.28. The van der Waals surface area contributed by atoms with Gasteiger partial charge in [0, 0.05) is 18.3 Å². The molecule has 2 aromatic heterocycles. The lowest BCUT2D eigenvalue weighted by atomic mass is 9.87. The molecule has 132 valence electrons. The van der Waals surface area contributed by atoms with Gasteiger partial charge in [-0.15, -0.1) is 0 Å². The van der Waals surface area contributed by atoms with Gasteiger partial charge in [-0.05, 0) is 37.7 Å². The minimum absolute atomic E-state index is 0.0998. The van der Waals surface area contributed by atoms with Gasteiger partial charge in [0.25, 0.3) is 11.5 Å².